The van der Waals surface area contributed by atoms with E-state index in [9.17, 15) is 66.4 Å². The molecular weight excluding hydrogens is 602 g/mol. The minimum absolute atomic E-state index is 0.0273. The second-order valence-electron chi connectivity index (χ2n) is 11.4. The van der Waals surface area contributed by atoms with Gasteiger partial charge in [0.25, 0.3) is 0 Å². The highest BCUT2D eigenvalue weighted by Gasteiger charge is 2.52. The lowest BCUT2D eigenvalue weighted by atomic mass is 9.86. The zero-order valence-corrected chi connectivity index (χ0v) is 23.5. The van der Waals surface area contributed by atoms with Crippen molar-refractivity contribution in [2.24, 2.45) is 0 Å². The summed E-state index contributed by atoms with van der Waals surface area (Å²) in [5.41, 5.74) is 0.0273. The van der Waals surface area contributed by atoms with Crippen molar-refractivity contribution >= 4 is 0 Å². The first-order chi connectivity index (χ1) is 20.7. The Hall–Kier alpha value is -1.02. The highest BCUT2D eigenvalue weighted by atomic mass is 16.7. The van der Waals surface area contributed by atoms with Gasteiger partial charge in [-0.3, -0.25) is 0 Å². The summed E-state index contributed by atoms with van der Waals surface area (Å²) < 4.78 is 27.2. The summed E-state index contributed by atoms with van der Waals surface area (Å²) in [7, 11) is 0. The molecule has 256 valence electrons. The molecule has 0 aromatic heterocycles. The van der Waals surface area contributed by atoms with Crippen LogP contribution in [0, 0.1) is 0 Å². The molecule has 4 rings (SSSR count). The van der Waals surface area contributed by atoms with Crippen molar-refractivity contribution in [2.75, 3.05) is 19.8 Å². The Kier molecular flexibility index (Phi) is 12.1. The van der Waals surface area contributed by atoms with E-state index in [0.717, 1.165) is 0 Å². The van der Waals surface area contributed by atoms with Crippen LogP contribution in [0.5, 0.6) is 0 Å². The lowest BCUT2D eigenvalue weighted by Crippen LogP contribution is -2.68. The van der Waals surface area contributed by atoms with Crippen LogP contribution in [0.15, 0.2) is 11.6 Å². The lowest BCUT2D eigenvalue weighted by Gasteiger charge is -2.47. The van der Waals surface area contributed by atoms with E-state index < -0.39 is 136 Å². The van der Waals surface area contributed by atoms with E-state index in [1.165, 1.54) is 13.0 Å². The Bertz CT molecular complexity index is 960. The highest BCUT2D eigenvalue weighted by molar-refractivity contribution is 5.22. The summed E-state index contributed by atoms with van der Waals surface area (Å²) in [5, 5.41) is 135. The molecule has 3 saturated heterocycles. The standard InChI is InChI=1S/C25H43NO18/c1-6-11(26-8-2-7(3-27)12(29)16(33)13(8)30)15(32)20(37)25(41-6)44-22-9(4-28)43-24(21(38)18(22)35)40-5-10-14(31)17(34)19(36)23(39)42-10/h2,6,8-39H,3-5H2,1H3/t6-,8-,9+,10+,11+,12-,13-,14+,15+,16+,17-,18-,19+,20-,21-,22-,23+,24-,25+/m1/s1. The van der Waals surface area contributed by atoms with Crippen molar-refractivity contribution in [1.29, 1.82) is 0 Å². The molecule has 0 radical (unpaired) electrons. The number of hydrogen-bond acceptors (Lipinski definition) is 19. The van der Waals surface area contributed by atoms with Crippen molar-refractivity contribution in [3.63, 3.8) is 0 Å². The first-order valence-electron chi connectivity index (χ1n) is 14.1. The molecule has 19 heteroatoms. The Morgan fingerprint density at radius 2 is 1.34 bits per heavy atom. The summed E-state index contributed by atoms with van der Waals surface area (Å²) in [4.78, 5) is 0. The van der Waals surface area contributed by atoms with Crippen LogP contribution in [-0.2, 0) is 23.7 Å². The van der Waals surface area contributed by atoms with Gasteiger partial charge in [-0.05, 0) is 12.5 Å². The van der Waals surface area contributed by atoms with Crippen LogP contribution in [0.4, 0.5) is 0 Å². The molecule has 3 fully saturated rings. The fourth-order valence-corrected chi connectivity index (χ4v) is 5.71. The third kappa shape index (κ3) is 7.11. The van der Waals surface area contributed by atoms with Crippen molar-refractivity contribution in [1.82, 2.24) is 5.32 Å². The maximum atomic E-state index is 10.9. The Morgan fingerprint density at radius 3 is 1.98 bits per heavy atom. The largest absolute Gasteiger partial charge is 0.394 e. The maximum absolute atomic E-state index is 10.9. The van der Waals surface area contributed by atoms with Crippen molar-refractivity contribution < 1.29 is 90.1 Å². The molecule has 0 spiro atoms. The normalized spacial score (nSPS) is 52.0. The van der Waals surface area contributed by atoms with Gasteiger partial charge < -0.3 is 95.4 Å². The summed E-state index contributed by atoms with van der Waals surface area (Å²) in [6.45, 7) is -0.518. The van der Waals surface area contributed by atoms with Gasteiger partial charge in [0.2, 0.25) is 0 Å². The molecule has 4 aliphatic rings. The molecule has 0 saturated carbocycles. The zero-order chi connectivity index (χ0) is 32.6. The van der Waals surface area contributed by atoms with Gasteiger partial charge in [0, 0.05) is 0 Å². The third-order valence-corrected chi connectivity index (χ3v) is 8.46. The minimum atomic E-state index is -1.84. The maximum Gasteiger partial charge on any atom is 0.187 e. The number of ether oxygens (including phenoxy) is 5. The van der Waals surface area contributed by atoms with E-state index >= 15 is 0 Å². The number of aliphatic hydroxyl groups excluding tert-OH is 13. The van der Waals surface area contributed by atoms with Crippen LogP contribution < -0.4 is 5.32 Å². The monoisotopic (exact) mass is 645 g/mol. The molecule has 0 amide bonds. The predicted molar refractivity (Wildman–Crippen MR) is 138 cm³/mol. The molecule has 19 atom stereocenters. The van der Waals surface area contributed by atoms with Gasteiger partial charge in [-0.1, -0.05) is 6.08 Å². The molecule has 0 aromatic carbocycles. The van der Waals surface area contributed by atoms with E-state index in [2.05, 4.69) is 5.32 Å². The van der Waals surface area contributed by atoms with Gasteiger partial charge in [-0.15, -0.1) is 0 Å². The topological polar surface area (TPSA) is 321 Å². The van der Waals surface area contributed by atoms with Crippen LogP contribution >= 0.6 is 0 Å². The third-order valence-electron chi connectivity index (χ3n) is 8.46. The van der Waals surface area contributed by atoms with Gasteiger partial charge in [0.15, 0.2) is 18.9 Å². The Morgan fingerprint density at radius 1 is 0.682 bits per heavy atom. The predicted octanol–water partition coefficient (Wildman–Crippen LogP) is -8.56. The number of hydrogen-bond donors (Lipinski definition) is 14. The molecule has 0 bridgehead atoms. The van der Waals surface area contributed by atoms with Crippen LogP contribution in [0.1, 0.15) is 6.92 Å². The number of aliphatic hydroxyl groups is 13. The van der Waals surface area contributed by atoms with Crippen LogP contribution in [-0.4, -0.2) is 203 Å². The lowest BCUT2D eigenvalue weighted by molar-refractivity contribution is -0.357. The van der Waals surface area contributed by atoms with Gasteiger partial charge in [-0.25, -0.2) is 0 Å². The number of nitrogens with one attached hydrogen (secondary N) is 1. The van der Waals surface area contributed by atoms with E-state index in [-0.39, 0.29) is 5.57 Å². The first kappa shape index (κ1) is 35.8. The first-order valence-corrected chi connectivity index (χ1v) is 14.1. The second kappa shape index (κ2) is 14.8. The van der Waals surface area contributed by atoms with E-state index in [1.54, 1.807) is 0 Å². The average molecular weight is 646 g/mol. The fourth-order valence-electron chi connectivity index (χ4n) is 5.71. The fraction of sp³-hybridized carbons (Fsp3) is 0.920. The van der Waals surface area contributed by atoms with Crippen molar-refractivity contribution in [2.45, 2.75) is 123 Å². The smallest absolute Gasteiger partial charge is 0.187 e. The van der Waals surface area contributed by atoms with Gasteiger partial charge in [-0.2, -0.15) is 0 Å². The molecule has 0 unspecified atom stereocenters. The van der Waals surface area contributed by atoms with Crippen molar-refractivity contribution in [3.05, 3.63) is 11.6 Å². The molecular formula is C25H43NO18. The van der Waals surface area contributed by atoms with Gasteiger partial charge in [0.05, 0.1) is 38.0 Å². The van der Waals surface area contributed by atoms with Gasteiger partial charge >= 0.3 is 0 Å². The highest BCUT2D eigenvalue weighted by Crippen LogP contribution is 2.31. The molecule has 44 heavy (non-hydrogen) atoms. The van der Waals surface area contributed by atoms with Crippen LogP contribution in [0.2, 0.25) is 0 Å². The van der Waals surface area contributed by atoms with E-state index in [1.807, 2.05) is 0 Å². The molecule has 0 aromatic rings. The number of rotatable bonds is 9. The molecule has 1 aliphatic carbocycles. The summed E-state index contributed by atoms with van der Waals surface area (Å²) in [6.07, 6.45) is -26.1. The molecule has 3 aliphatic heterocycles. The Labute approximate surface area is 250 Å². The van der Waals surface area contributed by atoms with Gasteiger partial charge in [0.1, 0.15) is 79.4 Å². The van der Waals surface area contributed by atoms with Crippen LogP contribution in [0.25, 0.3) is 0 Å². The quantitative estimate of drug-likeness (QED) is 0.103. The Balaban J connectivity index is 1.37. The molecule has 3 heterocycles. The second-order valence-corrected chi connectivity index (χ2v) is 11.4. The zero-order valence-electron chi connectivity index (χ0n) is 23.5. The summed E-state index contributed by atoms with van der Waals surface area (Å²) in [6, 6.07) is -2.15. The molecule has 14 N–H and O–H groups in total. The molecule has 19 nitrogen and oxygen atoms in total. The van der Waals surface area contributed by atoms with E-state index in [4.69, 9.17) is 23.7 Å². The van der Waals surface area contributed by atoms with Crippen LogP contribution in [0.3, 0.4) is 0 Å². The summed E-state index contributed by atoms with van der Waals surface area (Å²) >= 11 is 0. The minimum Gasteiger partial charge on any atom is -0.394 e. The van der Waals surface area contributed by atoms with E-state index in [0.29, 0.717) is 0 Å². The average Bonchev–Trinajstić information content (AvgIpc) is 3.00. The summed E-state index contributed by atoms with van der Waals surface area (Å²) in [5.74, 6) is 0. The SMILES string of the molecule is C[C@H]1O[C@@H](O[C@H]2[C@H](O)[C@@H](O)[C@H](OC[C@@H]3O[C@H](O)[C@@H](O)[C@H](O)[C@H]3O)O[C@H]2CO)[C@H](O)[C@@H](O)[C@H]1N[C@@H]1C=C(CO)[C@@H](O)[C@H](O)[C@@H]1O. The van der Waals surface area contributed by atoms with Crippen molar-refractivity contribution in [3.8, 4) is 0 Å².